The highest BCUT2D eigenvalue weighted by Gasteiger charge is 2.16. The number of amides is 1. The Bertz CT molecular complexity index is 1170. The number of nitro groups is 1. The van der Waals surface area contributed by atoms with Crippen LogP contribution in [-0.4, -0.2) is 28.2 Å². The third-order valence-electron chi connectivity index (χ3n) is 4.81. The molecule has 0 atom stereocenters. The van der Waals surface area contributed by atoms with Gasteiger partial charge in [-0.25, -0.2) is 5.43 Å². The summed E-state index contributed by atoms with van der Waals surface area (Å²) in [6.07, 6.45) is 2.45. The second-order valence-corrected chi connectivity index (χ2v) is 7.53. The number of nitrogens with zero attached hydrogens (tertiary/aromatic N) is 3. The van der Waals surface area contributed by atoms with E-state index in [1.807, 2.05) is 31.4 Å². The monoisotopic (exact) mass is 454 g/mol. The molecule has 1 aromatic heterocycles. The molecule has 3 aromatic rings. The van der Waals surface area contributed by atoms with Crippen LogP contribution in [0.2, 0.25) is 5.02 Å². The fraction of sp³-hybridized carbons (Fsp3) is 0.217. The van der Waals surface area contributed by atoms with Gasteiger partial charge in [0.25, 0.3) is 11.6 Å². The first-order valence-corrected chi connectivity index (χ1v) is 10.4. The van der Waals surface area contributed by atoms with Gasteiger partial charge in [0, 0.05) is 28.6 Å². The maximum Gasteiger partial charge on any atom is 0.289 e. The normalized spacial score (nSPS) is 11.0. The second-order valence-electron chi connectivity index (χ2n) is 7.13. The molecule has 32 heavy (non-hydrogen) atoms. The van der Waals surface area contributed by atoms with E-state index in [0.717, 1.165) is 23.4 Å². The first-order chi connectivity index (χ1) is 15.3. The van der Waals surface area contributed by atoms with Crippen molar-refractivity contribution in [1.82, 2.24) is 9.99 Å². The van der Waals surface area contributed by atoms with Gasteiger partial charge in [-0.15, -0.1) is 0 Å². The summed E-state index contributed by atoms with van der Waals surface area (Å²) in [6, 6.07) is 13.4. The van der Waals surface area contributed by atoms with E-state index in [1.165, 1.54) is 12.1 Å². The fourth-order valence-electron chi connectivity index (χ4n) is 3.24. The van der Waals surface area contributed by atoms with Crippen LogP contribution in [0.15, 0.2) is 53.6 Å². The molecule has 166 valence electrons. The number of nitro benzene ring substituents is 1. The topological polar surface area (TPSA) is 98.8 Å². The lowest BCUT2D eigenvalue weighted by Crippen LogP contribution is -2.17. The molecule has 0 saturated carbocycles. The highest BCUT2D eigenvalue weighted by molar-refractivity contribution is 6.32. The lowest BCUT2D eigenvalue weighted by molar-refractivity contribution is -0.384. The van der Waals surface area contributed by atoms with Crippen LogP contribution in [0, 0.1) is 24.0 Å². The molecule has 0 radical (unpaired) electrons. The number of hydrazone groups is 1. The SMILES string of the molecule is CCCOc1ccc(C(=O)N/N=C/c2cc(C)n(-c3ccc(Cl)c([N+](=O)[O-])c3)c2C)cc1. The smallest absolute Gasteiger partial charge is 0.289 e. The van der Waals surface area contributed by atoms with Crippen molar-refractivity contribution in [2.24, 2.45) is 5.10 Å². The van der Waals surface area contributed by atoms with Gasteiger partial charge in [0.1, 0.15) is 10.8 Å². The van der Waals surface area contributed by atoms with E-state index in [1.54, 1.807) is 36.5 Å². The van der Waals surface area contributed by atoms with Crippen LogP contribution in [-0.2, 0) is 0 Å². The van der Waals surface area contributed by atoms with E-state index in [4.69, 9.17) is 16.3 Å². The summed E-state index contributed by atoms with van der Waals surface area (Å²) >= 11 is 5.92. The summed E-state index contributed by atoms with van der Waals surface area (Å²) in [7, 11) is 0. The molecule has 1 amide bonds. The lowest BCUT2D eigenvalue weighted by Gasteiger charge is -2.10. The average molecular weight is 455 g/mol. The molecule has 1 N–H and O–H groups in total. The summed E-state index contributed by atoms with van der Waals surface area (Å²) < 4.78 is 7.37. The van der Waals surface area contributed by atoms with Gasteiger partial charge < -0.3 is 9.30 Å². The number of aromatic nitrogens is 1. The third kappa shape index (κ3) is 5.15. The van der Waals surface area contributed by atoms with Crippen LogP contribution in [0.4, 0.5) is 5.69 Å². The van der Waals surface area contributed by atoms with Crippen molar-refractivity contribution in [2.75, 3.05) is 6.61 Å². The first kappa shape index (κ1) is 23.0. The number of hydrogen-bond acceptors (Lipinski definition) is 5. The zero-order chi connectivity index (χ0) is 23.3. The van der Waals surface area contributed by atoms with E-state index in [-0.39, 0.29) is 16.6 Å². The molecule has 0 aliphatic rings. The number of halogens is 1. The first-order valence-electron chi connectivity index (χ1n) is 10.0. The van der Waals surface area contributed by atoms with Gasteiger partial charge in [0.2, 0.25) is 0 Å². The Hall–Kier alpha value is -3.65. The van der Waals surface area contributed by atoms with Crippen LogP contribution in [0.3, 0.4) is 0 Å². The molecule has 2 aromatic carbocycles. The summed E-state index contributed by atoms with van der Waals surface area (Å²) in [4.78, 5) is 23.0. The maximum absolute atomic E-state index is 12.3. The van der Waals surface area contributed by atoms with Crippen molar-refractivity contribution in [3.8, 4) is 11.4 Å². The van der Waals surface area contributed by atoms with E-state index in [9.17, 15) is 14.9 Å². The van der Waals surface area contributed by atoms with Gasteiger partial charge in [-0.2, -0.15) is 5.10 Å². The Morgan fingerprint density at radius 3 is 2.59 bits per heavy atom. The number of benzene rings is 2. The quantitative estimate of drug-likeness (QED) is 0.287. The summed E-state index contributed by atoms with van der Waals surface area (Å²) in [5.41, 5.74) is 5.87. The van der Waals surface area contributed by atoms with Crippen LogP contribution in [0.25, 0.3) is 5.69 Å². The van der Waals surface area contributed by atoms with E-state index in [0.29, 0.717) is 23.6 Å². The van der Waals surface area contributed by atoms with Crippen LogP contribution in [0.5, 0.6) is 5.75 Å². The van der Waals surface area contributed by atoms with Crippen LogP contribution in [0.1, 0.15) is 40.7 Å². The molecular formula is C23H23ClN4O4. The average Bonchev–Trinajstić information content (AvgIpc) is 3.06. The predicted octanol–water partition coefficient (Wildman–Crippen LogP) is 5.21. The number of carbonyl (C=O) groups is 1. The third-order valence-corrected chi connectivity index (χ3v) is 5.13. The minimum Gasteiger partial charge on any atom is -0.494 e. The molecule has 0 fully saturated rings. The molecule has 8 nitrogen and oxygen atoms in total. The predicted molar refractivity (Wildman–Crippen MR) is 124 cm³/mol. The summed E-state index contributed by atoms with van der Waals surface area (Å²) in [6.45, 7) is 6.39. The van der Waals surface area contributed by atoms with Crippen molar-refractivity contribution in [1.29, 1.82) is 0 Å². The molecular weight excluding hydrogens is 432 g/mol. The maximum atomic E-state index is 12.3. The highest BCUT2D eigenvalue weighted by Crippen LogP contribution is 2.29. The number of rotatable bonds is 8. The molecule has 0 bridgehead atoms. The van der Waals surface area contributed by atoms with Crippen molar-refractivity contribution in [2.45, 2.75) is 27.2 Å². The second kappa shape index (κ2) is 10.1. The lowest BCUT2D eigenvalue weighted by atomic mass is 10.2. The van der Waals surface area contributed by atoms with Crippen molar-refractivity contribution in [3.63, 3.8) is 0 Å². The number of carbonyl (C=O) groups excluding carboxylic acids is 1. The number of aryl methyl sites for hydroxylation is 1. The number of nitrogens with one attached hydrogen (secondary N) is 1. The van der Waals surface area contributed by atoms with Crippen molar-refractivity contribution in [3.05, 3.63) is 86.2 Å². The largest absolute Gasteiger partial charge is 0.494 e. The minimum atomic E-state index is -0.514. The van der Waals surface area contributed by atoms with Crippen LogP contribution >= 0.6 is 11.6 Å². The molecule has 0 aliphatic carbocycles. The van der Waals surface area contributed by atoms with Gasteiger partial charge in [0.15, 0.2) is 0 Å². The van der Waals surface area contributed by atoms with Gasteiger partial charge in [-0.05, 0) is 62.7 Å². The van der Waals surface area contributed by atoms with Gasteiger partial charge in [-0.3, -0.25) is 14.9 Å². The molecule has 3 rings (SSSR count). The van der Waals surface area contributed by atoms with Crippen LogP contribution < -0.4 is 10.2 Å². The van der Waals surface area contributed by atoms with Gasteiger partial charge in [-0.1, -0.05) is 18.5 Å². The Balaban J connectivity index is 1.74. The fourth-order valence-corrected chi connectivity index (χ4v) is 3.43. The Morgan fingerprint density at radius 1 is 1.22 bits per heavy atom. The van der Waals surface area contributed by atoms with Crippen molar-refractivity contribution >= 4 is 29.4 Å². The van der Waals surface area contributed by atoms with Crippen molar-refractivity contribution < 1.29 is 14.5 Å². The highest BCUT2D eigenvalue weighted by atomic mass is 35.5. The number of ether oxygens (including phenoxy) is 1. The Labute approximate surface area is 190 Å². The minimum absolute atomic E-state index is 0.0793. The van der Waals surface area contributed by atoms with E-state index < -0.39 is 4.92 Å². The van der Waals surface area contributed by atoms with E-state index >= 15 is 0 Å². The zero-order valence-corrected chi connectivity index (χ0v) is 18.7. The Morgan fingerprint density at radius 2 is 1.94 bits per heavy atom. The summed E-state index contributed by atoms with van der Waals surface area (Å²) in [5, 5.41) is 15.4. The van der Waals surface area contributed by atoms with E-state index in [2.05, 4.69) is 10.5 Å². The summed E-state index contributed by atoms with van der Waals surface area (Å²) in [5.74, 6) is 0.368. The van der Waals surface area contributed by atoms with Gasteiger partial charge >= 0.3 is 0 Å². The molecule has 0 aliphatic heterocycles. The molecule has 0 saturated heterocycles. The molecule has 0 unspecified atom stereocenters. The molecule has 1 heterocycles. The molecule has 9 heteroatoms. The Kier molecular flexibility index (Phi) is 7.27. The number of hydrogen-bond donors (Lipinski definition) is 1. The standard InChI is InChI=1S/C23H23ClN4O4/c1-4-11-32-20-8-5-17(6-9-20)23(29)26-25-14-18-12-15(2)27(16(18)3)19-7-10-21(24)22(13-19)28(30)31/h5-10,12-14H,4,11H2,1-3H3,(H,26,29)/b25-14+. The van der Waals surface area contributed by atoms with Gasteiger partial charge in [0.05, 0.1) is 23.4 Å². The zero-order valence-electron chi connectivity index (χ0n) is 18.0. The molecule has 0 spiro atoms.